The zero-order valence-corrected chi connectivity index (χ0v) is 15.1. The predicted molar refractivity (Wildman–Crippen MR) is 102 cm³/mol. The van der Waals surface area contributed by atoms with Crippen LogP contribution >= 0.6 is 0 Å². The van der Waals surface area contributed by atoms with Crippen molar-refractivity contribution in [1.29, 1.82) is 0 Å². The minimum absolute atomic E-state index is 0.353. The fourth-order valence-corrected chi connectivity index (χ4v) is 2.57. The molecule has 1 rings (SSSR count). The third-order valence-corrected chi connectivity index (χ3v) is 4.01. The van der Waals surface area contributed by atoms with Crippen molar-refractivity contribution in [1.82, 2.24) is 0 Å². The van der Waals surface area contributed by atoms with Crippen molar-refractivity contribution in [3.8, 4) is 0 Å². The second-order valence-corrected chi connectivity index (χ2v) is 6.24. The lowest BCUT2D eigenvalue weighted by Crippen LogP contribution is -2.02. The molecule has 0 unspecified atom stereocenters. The van der Waals surface area contributed by atoms with E-state index in [2.05, 4.69) is 13.5 Å². The van der Waals surface area contributed by atoms with Gasteiger partial charge in [0.05, 0.1) is 5.56 Å². The molecule has 0 fully saturated rings. The molecule has 1 aromatic rings. The molecule has 0 heterocycles. The third kappa shape index (κ3) is 10.0. The Balaban J connectivity index is 2.02. The smallest absolute Gasteiger partial charge is 0.343 e. The summed E-state index contributed by atoms with van der Waals surface area (Å²) in [5.74, 6) is 0.0492. The number of benzene rings is 1. The van der Waals surface area contributed by atoms with Crippen LogP contribution in [-0.4, -0.2) is 5.97 Å². The van der Waals surface area contributed by atoms with Crippen molar-refractivity contribution in [2.24, 2.45) is 0 Å². The molecule has 0 aliphatic carbocycles. The maximum atomic E-state index is 11.8. The van der Waals surface area contributed by atoms with Crippen LogP contribution in [0.25, 0.3) is 0 Å². The van der Waals surface area contributed by atoms with Crippen molar-refractivity contribution < 1.29 is 9.53 Å². The molecule has 0 spiro atoms. The molecule has 0 atom stereocenters. The summed E-state index contributed by atoms with van der Waals surface area (Å²) in [7, 11) is 0. The average molecular weight is 328 g/mol. The molecule has 0 saturated carbocycles. The van der Waals surface area contributed by atoms with Gasteiger partial charge in [0.15, 0.2) is 0 Å². The second-order valence-electron chi connectivity index (χ2n) is 6.24. The lowest BCUT2D eigenvalue weighted by molar-refractivity contribution is 0.0638. The van der Waals surface area contributed by atoms with Crippen LogP contribution in [0.3, 0.4) is 0 Å². The molecular formula is C22H32O2. The quantitative estimate of drug-likeness (QED) is 0.171. The number of ether oxygens (including phenoxy) is 1. The maximum Gasteiger partial charge on any atom is 0.343 e. The first kappa shape index (κ1) is 20.2. The van der Waals surface area contributed by atoms with Crippen molar-refractivity contribution in [2.45, 2.75) is 71.1 Å². The molecule has 2 heteroatoms. The minimum atomic E-state index is -0.353. The van der Waals surface area contributed by atoms with Gasteiger partial charge >= 0.3 is 5.97 Å². The molecule has 0 N–H and O–H groups in total. The molecule has 0 aliphatic heterocycles. The van der Waals surface area contributed by atoms with Crippen LogP contribution in [0.1, 0.15) is 81.5 Å². The highest BCUT2D eigenvalue weighted by Crippen LogP contribution is 2.11. The van der Waals surface area contributed by atoms with Gasteiger partial charge in [-0.1, -0.05) is 89.1 Å². The molecule has 24 heavy (non-hydrogen) atoms. The molecule has 132 valence electrons. The number of unbranched alkanes of at least 4 members (excludes halogenated alkanes) is 9. The number of rotatable bonds is 13. The van der Waals surface area contributed by atoms with Crippen molar-refractivity contribution >= 4 is 5.97 Å². The standard InChI is InChI=1S/C22H32O2/c1-3-4-5-6-7-8-9-10-11-12-14-17-20(2)24-22(23)21-18-15-13-16-19-21/h13-19H,2-12H2,1H3/b17-14+. The Bertz CT molecular complexity index is 488. The summed E-state index contributed by atoms with van der Waals surface area (Å²) < 4.78 is 5.21. The Morgan fingerprint density at radius 2 is 1.54 bits per heavy atom. The molecule has 0 saturated heterocycles. The van der Waals surface area contributed by atoms with Gasteiger partial charge in [0, 0.05) is 0 Å². The van der Waals surface area contributed by atoms with Crippen LogP contribution in [-0.2, 0) is 4.74 Å². The predicted octanol–water partition coefficient (Wildman–Crippen LogP) is 6.83. The maximum absolute atomic E-state index is 11.8. The molecule has 0 aromatic heterocycles. The molecule has 0 amide bonds. The lowest BCUT2D eigenvalue weighted by Gasteiger charge is -2.03. The third-order valence-electron chi connectivity index (χ3n) is 4.01. The van der Waals surface area contributed by atoms with Crippen LogP contribution in [0.4, 0.5) is 0 Å². The summed E-state index contributed by atoms with van der Waals surface area (Å²) in [6, 6.07) is 8.98. The SMILES string of the molecule is C=C(/C=C/CCCCCCCCCCC)OC(=O)c1ccccc1. The summed E-state index contributed by atoms with van der Waals surface area (Å²) in [6.07, 6.45) is 16.8. The molecule has 0 bridgehead atoms. The van der Waals surface area contributed by atoms with Gasteiger partial charge < -0.3 is 4.74 Å². The van der Waals surface area contributed by atoms with E-state index in [0.717, 1.165) is 6.42 Å². The zero-order chi connectivity index (χ0) is 17.5. The summed E-state index contributed by atoms with van der Waals surface area (Å²) >= 11 is 0. The van der Waals surface area contributed by atoms with E-state index < -0.39 is 0 Å². The average Bonchev–Trinajstić information content (AvgIpc) is 2.60. The molecule has 0 aliphatic rings. The normalized spacial score (nSPS) is 10.9. The lowest BCUT2D eigenvalue weighted by atomic mass is 10.1. The second kappa shape index (κ2) is 13.6. The van der Waals surface area contributed by atoms with E-state index in [0.29, 0.717) is 11.3 Å². The largest absolute Gasteiger partial charge is 0.424 e. The first-order chi connectivity index (χ1) is 11.7. The van der Waals surface area contributed by atoms with Gasteiger partial charge in [-0.2, -0.15) is 0 Å². The van der Waals surface area contributed by atoms with Crippen molar-refractivity contribution in [2.75, 3.05) is 0 Å². The van der Waals surface area contributed by atoms with Gasteiger partial charge in [-0.25, -0.2) is 4.79 Å². The number of esters is 1. The van der Waals surface area contributed by atoms with Gasteiger partial charge in [0.1, 0.15) is 5.76 Å². The van der Waals surface area contributed by atoms with E-state index in [-0.39, 0.29) is 5.97 Å². The molecule has 1 aromatic carbocycles. The van der Waals surface area contributed by atoms with Crippen molar-refractivity contribution in [3.05, 3.63) is 60.4 Å². The van der Waals surface area contributed by atoms with Gasteiger partial charge in [0.2, 0.25) is 0 Å². The Morgan fingerprint density at radius 3 is 2.17 bits per heavy atom. The Kier molecular flexibility index (Phi) is 11.5. The Labute approximate surface area is 147 Å². The van der Waals surface area contributed by atoms with Gasteiger partial charge in [-0.3, -0.25) is 0 Å². The fourth-order valence-electron chi connectivity index (χ4n) is 2.57. The van der Waals surface area contributed by atoms with Gasteiger partial charge in [0.25, 0.3) is 0 Å². The first-order valence-corrected chi connectivity index (χ1v) is 9.36. The zero-order valence-electron chi connectivity index (χ0n) is 15.1. The summed E-state index contributed by atoms with van der Waals surface area (Å²) in [5, 5.41) is 0. The number of hydrogen-bond acceptors (Lipinski definition) is 2. The highest BCUT2D eigenvalue weighted by atomic mass is 16.5. The Hall–Kier alpha value is -1.83. The summed E-state index contributed by atoms with van der Waals surface area (Å²) in [5.41, 5.74) is 0.547. The van der Waals surface area contributed by atoms with Gasteiger partial charge in [-0.15, -0.1) is 0 Å². The van der Waals surface area contributed by atoms with Crippen LogP contribution in [0.2, 0.25) is 0 Å². The topological polar surface area (TPSA) is 26.3 Å². The summed E-state index contributed by atoms with van der Waals surface area (Å²) in [6.45, 7) is 6.03. The highest BCUT2D eigenvalue weighted by Gasteiger charge is 2.06. The van der Waals surface area contributed by atoms with E-state index in [4.69, 9.17) is 4.74 Å². The first-order valence-electron chi connectivity index (χ1n) is 9.36. The van der Waals surface area contributed by atoms with E-state index >= 15 is 0 Å². The van der Waals surface area contributed by atoms with E-state index in [1.54, 1.807) is 18.2 Å². The monoisotopic (exact) mass is 328 g/mol. The highest BCUT2D eigenvalue weighted by molar-refractivity contribution is 5.90. The Morgan fingerprint density at radius 1 is 0.958 bits per heavy atom. The van der Waals surface area contributed by atoms with Crippen LogP contribution < -0.4 is 0 Å². The van der Waals surface area contributed by atoms with Crippen molar-refractivity contribution in [3.63, 3.8) is 0 Å². The van der Waals surface area contributed by atoms with Crippen LogP contribution in [0.5, 0.6) is 0 Å². The minimum Gasteiger partial charge on any atom is -0.424 e. The fraction of sp³-hybridized carbons (Fsp3) is 0.500. The number of hydrogen-bond donors (Lipinski definition) is 0. The van der Waals surface area contributed by atoms with Gasteiger partial charge in [-0.05, 0) is 31.1 Å². The number of carbonyl (C=O) groups is 1. The van der Waals surface area contributed by atoms with E-state index in [9.17, 15) is 4.79 Å². The number of allylic oxidation sites excluding steroid dienone is 2. The molecule has 2 nitrogen and oxygen atoms in total. The summed E-state index contributed by atoms with van der Waals surface area (Å²) in [4.78, 5) is 11.8. The molecular weight excluding hydrogens is 296 g/mol. The van der Waals surface area contributed by atoms with E-state index in [1.807, 2.05) is 24.3 Å². The number of carbonyl (C=O) groups excluding carboxylic acids is 1. The van der Waals surface area contributed by atoms with Crippen LogP contribution in [0, 0.1) is 0 Å². The van der Waals surface area contributed by atoms with Crippen LogP contribution in [0.15, 0.2) is 54.8 Å². The molecule has 0 radical (unpaired) electrons. The van der Waals surface area contributed by atoms with E-state index in [1.165, 1.54) is 57.8 Å².